The van der Waals surface area contributed by atoms with Gasteiger partial charge in [-0.15, -0.1) is 11.8 Å². The molecule has 0 bridgehead atoms. The summed E-state index contributed by atoms with van der Waals surface area (Å²) in [6, 6.07) is 16.4. The van der Waals surface area contributed by atoms with Crippen molar-refractivity contribution < 1.29 is 14.3 Å². The van der Waals surface area contributed by atoms with Crippen molar-refractivity contribution in [2.45, 2.75) is 36.0 Å². The number of benzene rings is 2. The second-order valence-corrected chi connectivity index (χ2v) is 8.27. The Hall–Kier alpha value is -2.14. The predicted octanol–water partition coefficient (Wildman–Crippen LogP) is 4.18. The Kier molecular flexibility index (Phi) is 5.58. The summed E-state index contributed by atoms with van der Waals surface area (Å²) >= 11 is 1.53. The van der Waals surface area contributed by atoms with Crippen LogP contribution in [0.15, 0.2) is 53.4 Å². The summed E-state index contributed by atoms with van der Waals surface area (Å²) in [5, 5.41) is 3.15. The van der Waals surface area contributed by atoms with Crippen LogP contribution in [0.3, 0.4) is 0 Å². The number of carbonyl (C=O) groups is 1. The highest BCUT2D eigenvalue weighted by Crippen LogP contribution is 2.43. The molecule has 1 aliphatic carbocycles. The van der Waals surface area contributed by atoms with Crippen LogP contribution in [0.4, 0.5) is 0 Å². The van der Waals surface area contributed by atoms with Crippen molar-refractivity contribution in [3.63, 3.8) is 0 Å². The van der Waals surface area contributed by atoms with Gasteiger partial charge < -0.3 is 14.8 Å². The first kappa shape index (κ1) is 18.2. The molecule has 0 radical (unpaired) electrons. The topological polar surface area (TPSA) is 47.6 Å². The zero-order valence-corrected chi connectivity index (χ0v) is 16.2. The molecule has 1 N–H and O–H groups in total. The van der Waals surface area contributed by atoms with Gasteiger partial charge in [0, 0.05) is 23.3 Å². The molecule has 0 unspecified atom stereocenters. The minimum Gasteiger partial charge on any atom is -0.490 e. The van der Waals surface area contributed by atoms with Crippen molar-refractivity contribution in [3.8, 4) is 11.5 Å². The molecule has 4 nitrogen and oxygen atoms in total. The fourth-order valence-electron chi connectivity index (χ4n) is 3.66. The second-order valence-electron chi connectivity index (χ2n) is 7.22. The number of hydrogen-bond acceptors (Lipinski definition) is 4. The molecule has 0 atom stereocenters. The molecule has 0 spiro atoms. The van der Waals surface area contributed by atoms with Crippen LogP contribution >= 0.6 is 11.8 Å². The number of amides is 1. The number of nitrogens with one attached hydrogen (secondary N) is 1. The molecule has 5 heteroatoms. The number of hydrogen-bond donors (Lipinski definition) is 1. The highest BCUT2D eigenvalue weighted by atomic mass is 32.2. The molecule has 4 rings (SSSR count). The Labute approximate surface area is 164 Å². The zero-order chi connectivity index (χ0) is 18.5. The fourth-order valence-corrected chi connectivity index (χ4v) is 4.42. The van der Waals surface area contributed by atoms with Gasteiger partial charge in [-0.25, -0.2) is 0 Å². The van der Waals surface area contributed by atoms with E-state index in [1.165, 1.54) is 23.7 Å². The van der Waals surface area contributed by atoms with Gasteiger partial charge in [0.1, 0.15) is 0 Å². The standard InChI is InChI=1S/C22H25NO3S/c24-21(23-16-22(10-4-11-22)17-6-2-1-3-7-17)15-27-18-8-9-19-20(14-18)26-13-5-12-25-19/h1-3,6-9,14H,4-5,10-13,15-16H2,(H,23,24). The van der Waals surface area contributed by atoms with E-state index >= 15 is 0 Å². The lowest BCUT2D eigenvalue weighted by Gasteiger charge is -2.42. The predicted molar refractivity (Wildman–Crippen MR) is 108 cm³/mol. The molecule has 1 heterocycles. The molecule has 0 saturated heterocycles. The van der Waals surface area contributed by atoms with Gasteiger partial charge in [-0.05, 0) is 36.6 Å². The average molecular weight is 384 g/mol. The quantitative estimate of drug-likeness (QED) is 0.761. The van der Waals surface area contributed by atoms with Crippen molar-refractivity contribution in [3.05, 3.63) is 54.1 Å². The molecular formula is C22H25NO3S. The van der Waals surface area contributed by atoms with Gasteiger partial charge in [-0.3, -0.25) is 4.79 Å². The average Bonchev–Trinajstić information content (AvgIpc) is 2.91. The van der Waals surface area contributed by atoms with Gasteiger partial charge in [-0.2, -0.15) is 0 Å². The van der Waals surface area contributed by atoms with Crippen LogP contribution < -0.4 is 14.8 Å². The third-order valence-electron chi connectivity index (χ3n) is 5.41. The summed E-state index contributed by atoms with van der Waals surface area (Å²) in [6.45, 7) is 2.08. The SMILES string of the molecule is O=C(CSc1ccc2c(c1)OCCCO2)NCC1(c2ccccc2)CCC1. The molecule has 2 aromatic carbocycles. The molecule has 2 aliphatic rings. The Morgan fingerprint density at radius 3 is 2.52 bits per heavy atom. The summed E-state index contributed by atoms with van der Waals surface area (Å²) in [5.41, 5.74) is 1.46. The van der Waals surface area contributed by atoms with Gasteiger partial charge in [-0.1, -0.05) is 36.8 Å². The summed E-state index contributed by atoms with van der Waals surface area (Å²) in [7, 11) is 0. The third kappa shape index (κ3) is 4.24. The smallest absolute Gasteiger partial charge is 0.230 e. The summed E-state index contributed by atoms with van der Waals surface area (Å²) < 4.78 is 11.4. The van der Waals surface area contributed by atoms with E-state index in [1.54, 1.807) is 0 Å². The van der Waals surface area contributed by atoms with Crippen molar-refractivity contribution in [1.29, 1.82) is 0 Å². The Morgan fingerprint density at radius 1 is 1.00 bits per heavy atom. The number of ether oxygens (including phenoxy) is 2. The fraction of sp³-hybridized carbons (Fsp3) is 0.409. The van der Waals surface area contributed by atoms with Crippen LogP contribution in [0.25, 0.3) is 0 Å². The lowest BCUT2D eigenvalue weighted by Crippen LogP contribution is -2.46. The van der Waals surface area contributed by atoms with E-state index in [1.807, 2.05) is 24.3 Å². The Morgan fingerprint density at radius 2 is 1.78 bits per heavy atom. The second kappa shape index (κ2) is 8.26. The van der Waals surface area contributed by atoms with E-state index in [0.29, 0.717) is 19.0 Å². The molecule has 1 fully saturated rings. The minimum atomic E-state index is 0.0781. The highest BCUT2D eigenvalue weighted by molar-refractivity contribution is 8.00. The Balaban J connectivity index is 1.30. The van der Waals surface area contributed by atoms with E-state index < -0.39 is 0 Å². The first-order valence-electron chi connectivity index (χ1n) is 9.60. The lowest BCUT2D eigenvalue weighted by molar-refractivity contribution is -0.119. The van der Waals surface area contributed by atoms with E-state index in [2.05, 4.69) is 29.6 Å². The molecule has 142 valence electrons. The van der Waals surface area contributed by atoms with E-state index in [9.17, 15) is 4.79 Å². The number of fused-ring (bicyclic) bond motifs is 1. The van der Waals surface area contributed by atoms with Crippen LogP contribution in [0.5, 0.6) is 11.5 Å². The normalized spacial score (nSPS) is 17.5. The van der Waals surface area contributed by atoms with Gasteiger partial charge in [0.25, 0.3) is 0 Å². The zero-order valence-electron chi connectivity index (χ0n) is 15.4. The van der Waals surface area contributed by atoms with Crippen LogP contribution in [0, 0.1) is 0 Å². The highest BCUT2D eigenvalue weighted by Gasteiger charge is 2.38. The van der Waals surface area contributed by atoms with Crippen LogP contribution in [-0.4, -0.2) is 31.4 Å². The lowest BCUT2D eigenvalue weighted by atomic mass is 9.64. The van der Waals surface area contributed by atoms with Gasteiger partial charge in [0.2, 0.25) is 5.91 Å². The maximum atomic E-state index is 12.4. The van der Waals surface area contributed by atoms with E-state index in [4.69, 9.17) is 9.47 Å². The van der Waals surface area contributed by atoms with Crippen LogP contribution in [-0.2, 0) is 10.2 Å². The number of rotatable bonds is 6. The molecule has 0 aromatic heterocycles. The molecule has 27 heavy (non-hydrogen) atoms. The largest absolute Gasteiger partial charge is 0.490 e. The summed E-state index contributed by atoms with van der Waals surface area (Å²) in [6.07, 6.45) is 4.42. The first-order valence-corrected chi connectivity index (χ1v) is 10.6. The maximum absolute atomic E-state index is 12.4. The number of thioether (sulfide) groups is 1. The minimum absolute atomic E-state index is 0.0781. The van der Waals surface area contributed by atoms with Gasteiger partial charge >= 0.3 is 0 Å². The Bertz CT molecular complexity index is 789. The summed E-state index contributed by atoms with van der Waals surface area (Å²) in [5.74, 6) is 2.05. The molecular weight excluding hydrogens is 358 g/mol. The van der Waals surface area contributed by atoms with E-state index in [-0.39, 0.29) is 11.3 Å². The van der Waals surface area contributed by atoms with Gasteiger partial charge in [0.05, 0.1) is 19.0 Å². The van der Waals surface area contributed by atoms with Crippen molar-refractivity contribution >= 4 is 17.7 Å². The molecule has 1 aliphatic heterocycles. The summed E-state index contributed by atoms with van der Waals surface area (Å²) in [4.78, 5) is 13.4. The monoisotopic (exact) mass is 383 g/mol. The van der Waals surface area contributed by atoms with Gasteiger partial charge in [0.15, 0.2) is 11.5 Å². The van der Waals surface area contributed by atoms with Crippen molar-refractivity contribution in [2.75, 3.05) is 25.5 Å². The van der Waals surface area contributed by atoms with E-state index in [0.717, 1.165) is 42.2 Å². The first-order chi connectivity index (χ1) is 13.3. The maximum Gasteiger partial charge on any atom is 0.230 e. The van der Waals surface area contributed by atoms with Crippen LogP contribution in [0.2, 0.25) is 0 Å². The van der Waals surface area contributed by atoms with Crippen molar-refractivity contribution in [1.82, 2.24) is 5.32 Å². The van der Waals surface area contributed by atoms with Crippen molar-refractivity contribution in [2.24, 2.45) is 0 Å². The molecule has 1 amide bonds. The molecule has 2 aromatic rings. The molecule has 1 saturated carbocycles. The third-order valence-corrected chi connectivity index (χ3v) is 6.40. The van der Waals surface area contributed by atoms with Crippen LogP contribution in [0.1, 0.15) is 31.2 Å². The number of carbonyl (C=O) groups excluding carboxylic acids is 1.